The van der Waals surface area contributed by atoms with Crippen LogP contribution in [0, 0.1) is 0 Å². The number of fused-ring (bicyclic) bond motifs is 3. The smallest absolute Gasteiger partial charge is 0.275 e. The molecule has 0 atom stereocenters. The quantitative estimate of drug-likeness (QED) is 0.400. The number of nitrogens with zero attached hydrogens (tertiary/aromatic N) is 2. The Morgan fingerprint density at radius 2 is 1.66 bits per heavy atom. The molecular formula is C30H33N3O2. The second kappa shape index (κ2) is 8.71. The molecule has 2 aromatic carbocycles. The third kappa shape index (κ3) is 3.60. The van der Waals surface area contributed by atoms with Crippen molar-refractivity contribution in [2.75, 3.05) is 6.54 Å². The summed E-state index contributed by atoms with van der Waals surface area (Å²) >= 11 is 0. The predicted molar refractivity (Wildman–Crippen MR) is 141 cm³/mol. The molecule has 0 bridgehead atoms. The molecule has 2 aromatic heterocycles. The van der Waals surface area contributed by atoms with Gasteiger partial charge in [0.15, 0.2) is 0 Å². The lowest BCUT2D eigenvalue weighted by molar-refractivity contribution is 0.0944. The Labute approximate surface area is 205 Å². The molecule has 2 saturated carbocycles. The summed E-state index contributed by atoms with van der Waals surface area (Å²) in [6.07, 6.45) is 10.6. The van der Waals surface area contributed by atoms with E-state index in [4.69, 9.17) is 0 Å². The van der Waals surface area contributed by atoms with E-state index in [0.29, 0.717) is 17.6 Å². The van der Waals surface area contributed by atoms with Crippen LogP contribution in [0.5, 0.6) is 0 Å². The highest BCUT2D eigenvalue weighted by molar-refractivity contribution is 6.17. The highest BCUT2D eigenvalue weighted by atomic mass is 16.2. The lowest BCUT2D eigenvalue weighted by atomic mass is 9.79. The molecule has 2 aliphatic rings. The topological polar surface area (TPSA) is 56.0 Å². The van der Waals surface area contributed by atoms with Crippen molar-refractivity contribution in [3.8, 4) is 0 Å². The van der Waals surface area contributed by atoms with Crippen molar-refractivity contribution in [3.63, 3.8) is 0 Å². The summed E-state index contributed by atoms with van der Waals surface area (Å²) in [4.78, 5) is 27.6. The monoisotopic (exact) mass is 467 g/mol. The van der Waals surface area contributed by atoms with Crippen LogP contribution in [0.4, 0.5) is 0 Å². The van der Waals surface area contributed by atoms with E-state index >= 15 is 0 Å². The highest BCUT2D eigenvalue weighted by Crippen LogP contribution is 2.41. The summed E-state index contributed by atoms with van der Waals surface area (Å²) in [5.41, 5.74) is 3.53. The van der Waals surface area contributed by atoms with Gasteiger partial charge in [0.2, 0.25) is 0 Å². The Morgan fingerprint density at radius 1 is 0.971 bits per heavy atom. The van der Waals surface area contributed by atoms with Crippen LogP contribution in [-0.2, 0) is 12.5 Å². The lowest BCUT2D eigenvalue weighted by Gasteiger charge is -2.30. The number of nitrogens with one attached hydrogen (secondary N) is 1. The predicted octanol–water partition coefficient (Wildman–Crippen LogP) is 5.85. The minimum atomic E-state index is -0.0830. The van der Waals surface area contributed by atoms with Gasteiger partial charge in [0.25, 0.3) is 11.5 Å². The molecule has 2 aliphatic carbocycles. The number of pyridine rings is 1. The van der Waals surface area contributed by atoms with E-state index < -0.39 is 0 Å². The molecule has 35 heavy (non-hydrogen) atoms. The van der Waals surface area contributed by atoms with Gasteiger partial charge in [-0.05, 0) is 37.3 Å². The average Bonchev–Trinajstić information content (AvgIpc) is 3.65. The summed E-state index contributed by atoms with van der Waals surface area (Å²) in [7, 11) is 1.94. The summed E-state index contributed by atoms with van der Waals surface area (Å²) < 4.78 is 3.82. The number of hydrogen-bond acceptors (Lipinski definition) is 2. The summed E-state index contributed by atoms with van der Waals surface area (Å²) in [5, 5.41) is 5.06. The van der Waals surface area contributed by atoms with E-state index in [1.807, 2.05) is 52.7 Å². The second-order valence-corrected chi connectivity index (χ2v) is 10.5. The molecule has 5 heteroatoms. The van der Waals surface area contributed by atoms with Crippen LogP contribution in [0.2, 0.25) is 0 Å². The first-order valence-electron chi connectivity index (χ1n) is 13.1. The zero-order valence-electron chi connectivity index (χ0n) is 20.4. The summed E-state index contributed by atoms with van der Waals surface area (Å²) in [6, 6.07) is 18.8. The Balaban J connectivity index is 1.45. The maximum atomic E-state index is 13.9. The molecule has 1 N–H and O–H groups in total. The van der Waals surface area contributed by atoms with E-state index in [9.17, 15) is 9.59 Å². The van der Waals surface area contributed by atoms with Gasteiger partial charge in [0.1, 0.15) is 5.52 Å². The van der Waals surface area contributed by atoms with Crippen molar-refractivity contribution in [2.24, 2.45) is 7.05 Å². The van der Waals surface area contributed by atoms with Crippen LogP contribution < -0.4 is 10.9 Å². The van der Waals surface area contributed by atoms with E-state index in [0.717, 1.165) is 54.8 Å². The van der Waals surface area contributed by atoms with Gasteiger partial charge in [-0.15, -0.1) is 0 Å². The molecule has 0 saturated heterocycles. The first-order valence-corrected chi connectivity index (χ1v) is 13.1. The van der Waals surface area contributed by atoms with E-state index in [2.05, 4.69) is 29.6 Å². The van der Waals surface area contributed by atoms with E-state index in [-0.39, 0.29) is 22.9 Å². The first kappa shape index (κ1) is 22.1. The third-order valence-electron chi connectivity index (χ3n) is 8.58. The van der Waals surface area contributed by atoms with Gasteiger partial charge < -0.3 is 14.5 Å². The van der Waals surface area contributed by atoms with Crippen LogP contribution in [0.25, 0.3) is 21.8 Å². The van der Waals surface area contributed by atoms with Crippen molar-refractivity contribution in [2.45, 2.75) is 62.8 Å². The molecule has 180 valence electrons. The molecule has 5 nitrogen and oxygen atoms in total. The van der Waals surface area contributed by atoms with Crippen molar-refractivity contribution < 1.29 is 4.79 Å². The number of aryl methyl sites for hydroxylation is 1. The van der Waals surface area contributed by atoms with Gasteiger partial charge in [0, 0.05) is 47.5 Å². The van der Waals surface area contributed by atoms with Crippen LogP contribution in [-0.4, -0.2) is 21.6 Å². The number of rotatable bonds is 5. The summed E-state index contributed by atoms with van der Waals surface area (Å²) in [5.74, 6) is -0.0830. The fourth-order valence-electron chi connectivity index (χ4n) is 6.68. The first-order chi connectivity index (χ1) is 17.1. The van der Waals surface area contributed by atoms with Crippen LogP contribution >= 0.6 is 0 Å². The largest absolute Gasteiger partial charge is 0.351 e. The number of para-hydroxylation sites is 1. The van der Waals surface area contributed by atoms with Crippen LogP contribution in [0.15, 0.2) is 65.6 Å². The molecule has 4 aromatic rings. The maximum absolute atomic E-state index is 13.9. The zero-order valence-corrected chi connectivity index (χ0v) is 20.4. The standard InChI is InChI=1S/C30H33N3O2/c1-32-25-16-8-7-15-23(25)26-24(19-33(29(35)27(26)32)22-13-5-6-14-22)28(34)31-20-30(17-9-10-18-30)21-11-3-2-4-12-21/h2-4,7-8,11-12,15-16,19,22H,5-6,9-10,13-14,17-18,20H2,1H3,(H,31,34). The van der Waals surface area contributed by atoms with Gasteiger partial charge in [-0.1, -0.05) is 74.2 Å². The molecule has 0 unspecified atom stereocenters. The van der Waals surface area contributed by atoms with Crippen molar-refractivity contribution in [1.82, 2.24) is 14.5 Å². The summed E-state index contributed by atoms with van der Waals surface area (Å²) in [6.45, 7) is 0.616. The fraction of sp³-hybridized carbons (Fsp3) is 0.400. The number of benzene rings is 2. The van der Waals surface area contributed by atoms with Gasteiger partial charge in [-0.2, -0.15) is 0 Å². The van der Waals surface area contributed by atoms with E-state index in [1.54, 1.807) is 0 Å². The normalized spacial score (nSPS) is 18.0. The van der Waals surface area contributed by atoms with Gasteiger partial charge in [-0.25, -0.2) is 0 Å². The third-order valence-corrected chi connectivity index (χ3v) is 8.58. The number of carbonyl (C=O) groups is 1. The zero-order chi connectivity index (χ0) is 24.0. The molecule has 2 heterocycles. The average molecular weight is 468 g/mol. The molecule has 1 amide bonds. The van der Waals surface area contributed by atoms with Crippen molar-refractivity contribution in [1.29, 1.82) is 0 Å². The van der Waals surface area contributed by atoms with Crippen molar-refractivity contribution >= 4 is 27.7 Å². The van der Waals surface area contributed by atoms with Gasteiger partial charge in [0.05, 0.1) is 5.56 Å². The van der Waals surface area contributed by atoms with Crippen LogP contribution in [0.1, 0.15) is 73.3 Å². The maximum Gasteiger partial charge on any atom is 0.275 e. The Kier molecular flexibility index (Phi) is 5.51. The van der Waals surface area contributed by atoms with Crippen LogP contribution in [0.3, 0.4) is 0 Å². The van der Waals surface area contributed by atoms with Gasteiger partial charge >= 0.3 is 0 Å². The van der Waals surface area contributed by atoms with Crippen molar-refractivity contribution in [3.05, 3.63) is 82.3 Å². The van der Waals surface area contributed by atoms with E-state index in [1.165, 1.54) is 18.4 Å². The minimum absolute atomic E-state index is 0.0127. The molecular weight excluding hydrogens is 434 g/mol. The Hall–Kier alpha value is -3.34. The Morgan fingerprint density at radius 3 is 2.40 bits per heavy atom. The number of amides is 1. The molecule has 0 aliphatic heterocycles. The highest BCUT2D eigenvalue weighted by Gasteiger charge is 2.36. The number of aromatic nitrogens is 2. The SMILES string of the molecule is Cn1c2ccccc2c2c(C(=O)NCC3(c4ccccc4)CCCC3)cn(C3CCCC3)c(=O)c21. The fourth-order valence-corrected chi connectivity index (χ4v) is 6.68. The Bertz CT molecular complexity index is 1450. The molecule has 0 radical (unpaired) electrons. The molecule has 6 rings (SSSR count). The number of hydrogen-bond donors (Lipinski definition) is 1. The number of carbonyl (C=O) groups excluding carboxylic acids is 1. The van der Waals surface area contributed by atoms with Gasteiger partial charge in [-0.3, -0.25) is 9.59 Å². The molecule has 2 fully saturated rings. The molecule has 0 spiro atoms. The minimum Gasteiger partial charge on any atom is -0.351 e. The lowest BCUT2D eigenvalue weighted by Crippen LogP contribution is -2.39. The second-order valence-electron chi connectivity index (χ2n) is 10.5.